The van der Waals surface area contributed by atoms with Crippen LogP contribution in [0.2, 0.25) is 0 Å². The van der Waals surface area contributed by atoms with Crippen LogP contribution < -0.4 is 30.2 Å². The number of hydrogen-bond donors (Lipinski definition) is 4. The van der Waals surface area contributed by atoms with Gasteiger partial charge in [-0.3, -0.25) is 4.79 Å². The van der Waals surface area contributed by atoms with Gasteiger partial charge in [-0.1, -0.05) is 12.1 Å². The van der Waals surface area contributed by atoms with Crippen LogP contribution in [0.5, 0.6) is 17.2 Å². The Labute approximate surface area is 254 Å². The third kappa shape index (κ3) is 6.49. The summed E-state index contributed by atoms with van der Waals surface area (Å²) in [6.07, 6.45) is -0.510. The minimum atomic E-state index is -0.541. The molecular formula is C30H36N6O8. The number of aromatic nitrogens is 1. The fourth-order valence-corrected chi connectivity index (χ4v) is 5.00. The highest BCUT2D eigenvalue weighted by Gasteiger charge is 2.34. The van der Waals surface area contributed by atoms with E-state index in [0.717, 1.165) is 0 Å². The number of aliphatic hydroxyl groups excluding tert-OH is 1. The smallest absolute Gasteiger partial charge is 0.323 e. The summed E-state index contributed by atoms with van der Waals surface area (Å²) >= 11 is 0. The predicted molar refractivity (Wildman–Crippen MR) is 160 cm³/mol. The summed E-state index contributed by atoms with van der Waals surface area (Å²) < 4.78 is 22.2. The average molecular weight is 609 g/mol. The largest absolute Gasteiger partial charge is 0.487 e. The molecule has 44 heavy (non-hydrogen) atoms. The molecule has 4 N–H and O–H groups in total. The van der Waals surface area contributed by atoms with Crippen LogP contribution in [0.15, 0.2) is 40.9 Å². The van der Waals surface area contributed by atoms with Crippen molar-refractivity contribution in [3.05, 3.63) is 53.4 Å². The third-order valence-corrected chi connectivity index (χ3v) is 7.62. The van der Waals surface area contributed by atoms with Crippen molar-refractivity contribution in [1.82, 2.24) is 15.0 Å². The van der Waals surface area contributed by atoms with E-state index in [9.17, 15) is 19.5 Å². The van der Waals surface area contributed by atoms with Crippen LogP contribution in [0.25, 0.3) is 0 Å². The Kier molecular flexibility index (Phi) is 8.81. The Balaban J connectivity index is 1.34. The highest BCUT2D eigenvalue weighted by Crippen LogP contribution is 2.35. The topological polar surface area (TPSA) is 168 Å². The van der Waals surface area contributed by atoms with E-state index in [1.807, 2.05) is 6.92 Å². The zero-order chi connectivity index (χ0) is 31.5. The summed E-state index contributed by atoms with van der Waals surface area (Å²) in [5, 5.41) is 22.1. The summed E-state index contributed by atoms with van der Waals surface area (Å²) in [5.41, 5.74) is 2.11. The van der Waals surface area contributed by atoms with Gasteiger partial charge in [-0.2, -0.15) is 0 Å². The van der Waals surface area contributed by atoms with Crippen LogP contribution >= 0.6 is 0 Å². The third-order valence-electron chi connectivity index (χ3n) is 7.62. The summed E-state index contributed by atoms with van der Waals surface area (Å²) in [5.74, 6) is 1.36. The van der Waals surface area contributed by atoms with Crippen molar-refractivity contribution in [2.75, 3.05) is 49.5 Å². The van der Waals surface area contributed by atoms with Gasteiger partial charge in [0, 0.05) is 37.0 Å². The first-order valence-corrected chi connectivity index (χ1v) is 14.2. The minimum absolute atomic E-state index is 0.132. The normalized spacial score (nSPS) is 18.0. The molecule has 3 aromatic rings. The number of carbonyl (C=O) groups excluding carboxylic acids is 3. The van der Waals surface area contributed by atoms with Gasteiger partial charge >= 0.3 is 12.1 Å². The number of hydrogen-bond acceptors (Lipinski definition) is 9. The number of anilines is 3. The molecule has 0 fully saturated rings. The molecule has 1 aromatic heterocycles. The van der Waals surface area contributed by atoms with Crippen molar-refractivity contribution in [3.8, 4) is 17.2 Å². The van der Waals surface area contributed by atoms with E-state index in [2.05, 4.69) is 21.1 Å². The van der Waals surface area contributed by atoms with Crippen LogP contribution in [-0.4, -0.2) is 83.7 Å². The summed E-state index contributed by atoms with van der Waals surface area (Å²) in [6, 6.07) is 8.53. The van der Waals surface area contributed by atoms with Gasteiger partial charge in [0.25, 0.3) is 5.91 Å². The number of likely N-dealkylation sites (N-methyl/N-ethyl adjacent to an activating group) is 1. The number of aryl methyl sites for hydroxylation is 2. The second kappa shape index (κ2) is 12.7. The molecule has 14 heteroatoms. The molecule has 0 radical (unpaired) electrons. The van der Waals surface area contributed by atoms with E-state index in [1.165, 1.54) is 11.0 Å². The maximum absolute atomic E-state index is 13.7. The second-order valence-electron chi connectivity index (χ2n) is 11.0. The monoisotopic (exact) mass is 608 g/mol. The Morgan fingerprint density at radius 2 is 1.77 bits per heavy atom. The second-order valence-corrected chi connectivity index (χ2v) is 11.0. The van der Waals surface area contributed by atoms with Gasteiger partial charge in [0.05, 0.1) is 24.8 Å². The molecule has 0 unspecified atom stereocenters. The molecule has 0 spiro atoms. The van der Waals surface area contributed by atoms with Crippen molar-refractivity contribution >= 4 is 35.0 Å². The minimum Gasteiger partial charge on any atom is -0.487 e. The fraction of sp³-hybridized carbons (Fsp3) is 0.400. The molecule has 2 aliphatic heterocycles. The lowest BCUT2D eigenvalue weighted by Crippen LogP contribution is -2.50. The first kappa shape index (κ1) is 30.5. The molecule has 234 valence electrons. The van der Waals surface area contributed by atoms with Crippen molar-refractivity contribution < 1.29 is 38.2 Å². The number of urea groups is 2. The molecule has 0 saturated carbocycles. The number of ether oxygens (including phenoxy) is 3. The molecule has 0 bridgehead atoms. The maximum Gasteiger partial charge on any atom is 0.323 e. The summed E-state index contributed by atoms with van der Waals surface area (Å²) in [6.45, 7) is 7.44. The zero-order valence-corrected chi connectivity index (χ0v) is 25.2. The Hall–Kier alpha value is -4.98. The number of carbonyl (C=O) groups is 3. The molecule has 5 rings (SSSR count). The van der Waals surface area contributed by atoms with E-state index in [4.69, 9.17) is 18.7 Å². The quantitative estimate of drug-likeness (QED) is 0.309. The first-order chi connectivity index (χ1) is 21.0. The van der Waals surface area contributed by atoms with Crippen molar-refractivity contribution in [3.63, 3.8) is 0 Å². The highest BCUT2D eigenvalue weighted by atomic mass is 16.7. The number of rotatable bonds is 7. The van der Waals surface area contributed by atoms with E-state index < -0.39 is 18.2 Å². The lowest BCUT2D eigenvalue weighted by Gasteiger charge is -2.38. The molecule has 14 nitrogen and oxygen atoms in total. The van der Waals surface area contributed by atoms with Gasteiger partial charge < -0.3 is 49.6 Å². The molecule has 0 saturated heterocycles. The first-order valence-electron chi connectivity index (χ1n) is 14.2. The van der Waals surface area contributed by atoms with E-state index >= 15 is 0 Å². The predicted octanol–water partition coefficient (Wildman–Crippen LogP) is 4.05. The van der Waals surface area contributed by atoms with Gasteiger partial charge in [-0.05, 0) is 51.1 Å². The number of benzene rings is 2. The molecule has 3 heterocycles. The zero-order valence-electron chi connectivity index (χ0n) is 25.2. The SMILES string of the molecule is Cc1noc(C)c1NC(=O)Nc1ccc2c(c1)C(=O)N([C@H](C)CO)C[C@@H](C)[C@@H](CN(C)C(=O)Nc1ccc3c(c1)OCO3)O2. The number of amides is 5. The van der Waals surface area contributed by atoms with Crippen LogP contribution in [0.3, 0.4) is 0 Å². The Bertz CT molecular complexity index is 1540. The van der Waals surface area contributed by atoms with E-state index in [0.29, 0.717) is 45.8 Å². The van der Waals surface area contributed by atoms with Crippen LogP contribution in [0, 0.1) is 19.8 Å². The standard InChI is InChI=1S/C30H36N6O8/c1-16-12-36(17(2)14-37)28(38)22-10-20(31-29(39)33-27-18(3)34-44-19(27)4)6-8-23(22)43-26(16)13-35(5)30(40)32-21-7-9-24-25(11-21)42-15-41-24/h6-11,16-17,26,37H,12-15H2,1-5H3,(H,32,40)(H2,31,33,39)/t16-,17-,26-/m1/s1. The van der Waals surface area contributed by atoms with Gasteiger partial charge in [-0.15, -0.1) is 0 Å². The highest BCUT2D eigenvalue weighted by molar-refractivity contribution is 6.03. The maximum atomic E-state index is 13.7. The molecular weight excluding hydrogens is 572 g/mol. The van der Waals surface area contributed by atoms with E-state index in [-0.39, 0.29) is 49.9 Å². The van der Waals surface area contributed by atoms with E-state index in [1.54, 1.807) is 63.1 Å². The Morgan fingerprint density at radius 3 is 2.48 bits per heavy atom. The number of nitrogens with zero attached hydrogens (tertiary/aromatic N) is 3. The van der Waals surface area contributed by atoms with Crippen molar-refractivity contribution in [1.29, 1.82) is 0 Å². The molecule has 2 aliphatic rings. The molecule has 5 amide bonds. The van der Waals surface area contributed by atoms with Crippen LogP contribution in [-0.2, 0) is 0 Å². The fourth-order valence-electron chi connectivity index (χ4n) is 5.00. The molecule has 3 atom stereocenters. The van der Waals surface area contributed by atoms with Gasteiger partial charge in [0.1, 0.15) is 23.2 Å². The lowest BCUT2D eigenvalue weighted by atomic mass is 9.99. The average Bonchev–Trinajstić information content (AvgIpc) is 3.60. The number of fused-ring (bicyclic) bond motifs is 2. The van der Waals surface area contributed by atoms with Crippen LogP contribution in [0.4, 0.5) is 26.7 Å². The molecule has 2 aromatic carbocycles. The van der Waals surface area contributed by atoms with Crippen LogP contribution in [0.1, 0.15) is 35.7 Å². The number of aliphatic hydroxyl groups is 1. The van der Waals surface area contributed by atoms with Crippen molar-refractivity contribution in [2.24, 2.45) is 5.92 Å². The summed E-state index contributed by atoms with van der Waals surface area (Å²) in [7, 11) is 1.65. The molecule has 0 aliphatic carbocycles. The summed E-state index contributed by atoms with van der Waals surface area (Å²) in [4.78, 5) is 42.7. The van der Waals surface area contributed by atoms with Gasteiger partial charge in [-0.25, -0.2) is 9.59 Å². The van der Waals surface area contributed by atoms with Gasteiger partial charge in [0.2, 0.25) is 6.79 Å². The number of nitrogens with one attached hydrogen (secondary N) is 3. The van der Waals surface area contributed by atoms with Gasteiger partial charge in [0.15, 0.2) is 17.3 Å². The Morgan fingerprint density at radius 1 is 1.07 bits per heavy atom. The van der Waals surface area contributed by atoms with Crippen molar-refractivity contribution in [2.45, 2.75) is 39.8 Å². The lowest BCUT2D eigenvalue weighted by molar-refractivity contribution is 0.0371.